The average Bonchev–Trinajstić information content (AvgIpc) is 2.56. The minimum Gasteiger partial charge on any atom is -0.326 e. The Labute approximate surface area is 130 Å². The van der Waals surface area contributed by atoms with Gasteiger partial charge < -0.3 is 5.32 Å². The maximum Gasteiger partial charge on any atom is 0.224 e. The molecule has 1 aromatic heterocycles. The lowest BCUT2D eigenvalue weighted by atomic mass is 10.1. The Morgan fingerprint density at radius 3 is 2.73 bits per heavy atom. The first kappa shape index (κ1) is 14.3. The van der Waals surface area contributed by atoms with Crippen LogP contribution in [0.1, 0.15) is 18.4 Å². The summed E-state index contributed by atoms with van der Waals surface area (Å²) >= 11 is 0. The molecule has 3 heteroatoms. The van der Waals surface area contributed by atoms with Gasteiger partial charge in [0.05, 0.1) is 5.52 Å². The fraction of sp³-hybridized carbons (Fsp3) is 0.158. The summed E-state index contributed by atoms with van der Waals surface area (Å²) in [6.45, 7) is 0. The van der Waals surface area contributed by atoms with Crippen molar-refractivity contribution in [3.05, 3.63) is 72.4 Å². The number of benzene rings is 2. The Balaban J connectivity index is 1.54. The molecule has 0 aliphatic carbocycles. The van der Waals surface area contributed by atoms with E-state index in [0.29, 0.717) is 6.42 Å². The van der Waals surface area contributed by atoms with E-state index in [1.165, 1.54) is 5.56 Å². The molecule has 0 radical (unpaired) electrons. The van der Waals surface area contributed by atoms with Crippen molar-refractivity contribution in [2.24, 2.45) is 0 Å². The van der Waals surface area contributed by atoms with Crippen molar-refractivity contribution in [2.45, 2.75) is 19.3 Å². The number of pyridine rings is 1. The third-order valence-corrected chi connectivity index (χ3v) is 3.60. The van der Waals surface area contributed by atoms with Gasteiger partial charge in [-0.25, -0.2) is 0 Å². The molecular weight excluding hydrogens is 272 g/mol. The van der Waals surface area contributed by atoms with E-state index in [9.17, 15) is 4.79 Å². The standard InChI is InChI=1S/C19H18N2O/c22-19(10-4-8-15-6-2-1-3-7-15)21-17-11-12-18-16(14-17)9-5-13-20-18/h1-3,5-7,9,11-14H,4,8,10H2,(H,21,22). The van der Waals surface area contributed by atoms with Gasteiger partial charge in [0, 0.05) is 23.7 Å². The van der Waals surface area contributed by atoms with E-state index in [4.69, 9.17) is 0 Å². The summed E-state index contributed by atoms with van der Waals surface area (Å²) < 4.78 is 0. The third-order valence-electron chi connectivity index (χ3n) is 3.60. The van der Waals surface area contributed by atoms with Crippen molar-refractivity contribution >= 4 is 22.5 Å². The molecule has 0 saturated heterocycles. The fourth-order valence-corrected chi connectivity index (χ4v) is 2.47. The Bertz CT molecular complexity index is 769. The number of hydrogen-bond donors (Lipinski definition) is 1. The SMILES string of the molecule is O=C(CCCc1ccccc1)Nc1ccc2ncccc2c1. The van der Waals surface area contributed by atoms with Gasteiger partial charge >= 0.3 is 0 Å². The number of aromatic nitrogens is 1. The number of rotatable bonds is 5. The molecular formula is C19H18N2O. The summed E-state index contributed by atoms with van der Waals surface area (Å²) in [6, 6.07) is 19.9. The number of amides is 1. The third kappa shape index (κ3) is 3.70. The second-order valence-electron chi connectivity index (χ2n) is 5.30. The van der Waals surface area contributed by atoms with Gasteiger partial charge in [0.15, 0.2) is 0 Å². The Morgan fingerprint density at radius 2 is 1.86 bits per heavy atom. The van der Waals surface area contributed by atoms with Crippen molar-refractivity contribution in [1.29, 1.82) is 0 Å². The Hall–Kier alpha value is -2.68. The number of carbonyl (C=O) groups excluding carboxylic acids is 1. The van der Waals surface area contributed by atoms with Crippen LogP contribution in [0.2, 0.25) is 0 Å². The summed E-state index contributed by atoms with van der Waals surface area (Å²) in [7, 11) is 0. The highest BCUT2D eigenvalue weighted by molar-refractivity contribution is 5.93. The number of nitrogens with one attached hydrogen (secondary N) is 1. The lowest BCUT2D eigenvalue weighted by Gasteiger charge is -2.06. The van der Waals surface area contributed by atoms with Crippen molar-refractivity contribution in [3.63, 3.8) is 0 Å². The van der Waals surface area contributed by atoms with E-state index in [0.717, 1.165) is 29.4 Å². The van der Waals surface area contributed by atoms with Crippen molar-refractivity contribution < 1.29 is 4.79 Å². The molecule has 0 unspecified atom stereocenters. The quantitative estimate of drug-likeness (QED) is 0.765. The molecule has 3 aromatic rings. The van der Waals surface area contributed by atoms with Crippen LogP contribution in [0.15, 0.2) is 66.9 Å². The van der Waals surface area contributed by atoms with Gasteiger partial charge in [-0.2, -0.15) is 0 Å². The zero-order valence-corrected chi connectivity index (χ0v) is 12.3. The highest BCUT2D eigenvalue weighted by Gasteiger charge is 2.04. The molecule has 3 rings (SSSR count). The topological polar surface area (TPSA) is 42.0 Å². The van der Waals surface area contributed by atoms with Crippen LogP contribution >= 0.6 is 0 Å². The summed E-state index contributed by atoms with van der Waals surface area (Å²) in [4.78, 5) is 16.3. The molecule has 3 nitrogen and oxygen atoms in total. The Kier molecular flexibility index (Phi) is 4.44. The van der Waals surface area contributed by atoms with Crippen LogP contribution < -0.4 is 5.32 Å². The highest BCUT2D eigenvalue weighted by Crippen LogP contribution is 2.17. The van der Waals surface area contributed by atoms with E-state index in [1.807, 2.05) is 48.5 Å². The van der Waals surface area contributed by atoms with Crippen molar-refractivity contribution in [1.82, 2.24) is 4.98 Å². The monoisotopic (exact) mass is 290 g/mol. The van der Waals surface area contributed by atoms with Crippen LogP contribution in [0.5, 0.6) is 0 Å². The van der Waals surface area contributed by atoms with E-state index in [-0.39, 0.29) is 5.91 Å². The first-order valence-corrected chi connectivity index (χ1v) is 7.50. The lowest BCUT2D eigenvalue weighted by molar-refractivity contribution is -0.116. The molecule has 0 bridgehead atoms. The molecule has 0 saturated carbocycles. The second kappa shape index (κ2) is 6.85. The van der Waals surface area contributed by atoms with Crippen LogP contribution in [0.3, 0.4) is 0 Å². The minimum atomic E-state index is 0.0548. The molecule has 1 N–H and O–H groups in total. The smallest absolute Gasteiger partial charge is 0.224 e. The average molecular weight is 290 g/mol. The van der Waals surface area contributed by atoms with Gasteiger partial charge in [-0.15, -0.1) is 0 Å². The van der Waals surface area contributed by atoms with Crippen LogP contribution in [-0.4, -0.2) is 10.9 Å². The molecule has 1 amide bonds. The van der Waals surface area contributed by atoms with Gasteiger partial charge in [0.2, 0.25) is 5.91 Å². The van der Waals surface area contributed by atoms with Crippen LogP contribution in [0.4, 0.5) is 5.69 Å². The maximum atomic E-state index is 12.0. The number of carbonyl (C=O) groups is 1. The molecule has 0 spiro atoms. The van der Waals surface area contributed by atoms with E-state index in [2.05, 4.69) is 22.4 Å². The maximum absolute atomic E-state index is 12.0. The molecule has 1 heterocycles. The van der Waals surface area contributed by atoms with Gasteiger partial charge in [-0.1, -0.05) is 36.4 Å². The zero-order chi connectivity index (χ0) is 15.2. The lowest BCUT2D eigenvalue weighted by Crippen LogP contribution is -2.11. The zero-order valence-electron chi connectivity index (χ0n) is 12.3. The van der Waals surface area contributed by atoms with E-state index >= 15 is 0 Å². The summed E-state index contributed by atoms with van der Waals surface area (Å²) in [5.74, 6) is 0.0548. The number of anilines is 1. The Morgan fingerprint density at radius 1 is 1.00 bits per heavy atom. The van der Waals surface area contributed by atoms with Crippen molar-refractivity contribution in [2.75, 3.05) is 5.32 Å². The molecule has 0 atom stereocenters. The van der Waals surface area contributed by atoms with Gasteiger partial charge in [0.25, 0.3) is 0 Å². The number of hydrogen-bond acceptors (Lipinski definition) is 2. The molecule has 0 aliphatic rings. The van der Waals surface area contributed by atoms with Gasteiger partial charge in [-0.05, 0) is 42.7 Å². The normalized spacial score (nSPS) is 10.5. The molecule has 2 aromatic carbocycles. The van der Waals surface area contributed by atoms with Crippen LogP contribution in [-0.2, 0) is 11.2 Å². The van der Waals surface area contributed by atoms with Gasteiger partial charge in [0.1, 0.15) is 0 Å². The summed E-state index contributed by atoms with van der Waals surface area (Å²) in [5.41, 5.74) is 3.03. The second-order valence-corrected chi connectivity index (χ2v) is 5.30. The van der Waals surface area contributed by atoms with E-state index < -0.39 is 0 Å². The van der Waals surface area contributed by atoms with Crippen molar-refractivity contribution in [3.8, 4) is 0 Å². The first-order chi connectivity index (χ1) is 10.8. The van der Waals surface area contributed by atoms with Crippen LogP contribution in [0.25, 0.3) is 10.9 Å². The summed E-state index contributed by atoms with van der Waals surface area (Å²) in [6.07, 6.45) is 4.07. The minimum absolute atomic E-state index is 0.0548. The number of nitrogens with zero attached hydrogens (tertiary/aromatic N) is 1. The molecule has 110 valence electrons. The number of aryl methyl sites for hydroxylation is 1. The number of fused-ring (bicyclic) bond motifs is 1. The molecule has 0 aliphatic heterocycles. The fourth-order valence-electron chi connectivity index (χ4n) is 2.47. The largest absolute Gasteiger partial charge is 0.326 e. The highest BCUT2D eigenvalue weighted by atomic mass is 16.1. The predicted octanol–water partition coefficient (Wildman–Crippen LogP) is 4.20. The first-order valence-electron chi connectivity index (χ1n) is 7.50. The molecule has 22 heavy (non-hydrogen) atoms. The molecule has 0 fully saturated rings. The van der Waals surface area contributed by atoms with E-state index in [1.54, 1.807) is 6.20 Å². The van der Waals surface area contributed by atoms with Crippen LogP contribution in [0, 0.1) is 0 Å². The van der Waals surface area contributed by atoms with Gasteiger partial charge in [-0.3, -0.25) is 9.78 Å². The predicted molar refractivity (Wildman–Crippen MR) is 89.8 cm³/mol. The summed E-state index contributed by atoms with van der Waals surface area (Å²) in [5, 5.41) is 3.99.